The number of nitro groups is 1. The van der Waals surface area contributed by atoms with E-state index in [4.69, 9.17) is 23.7 Å². The van der Waals surface area contributed by atoms with Crippen LogP contribution in [0.3, 0.4) is 0 Å². The molecule has 180 valence electrons. The third-order valence-corrected chi connectivity index (χ3v) is 4.37. The van der Waals surface area contributed by atoms with E-state index >= 15 is 0 Å². The van der Waals surface area contributed by atoms with Gasteiger partial charge in [-0.25, -0.2) is 0 Å². The van der Waals surface area contributed by atoms with E-state index in [1.165, 1.54) is 31.2 Å². The van der Waals surface area contributed by atoms with Gasteiger partial charge in [-0.15, -0.1) is 0 Å². The van der Waals surface area contributed by atoms with Gasteiger partial charge in [0.1, 0.15) is 24.5 Å². The maximum Gasteiger partial charge on any atom is 0.303 e. The second kappa shape index (κ2) is 11.2. The van der Waals surface area contributed by atoms with E-state index in [1.807, 2.05) is 0 Å². The average molecular weight is 468 g/mol. The number of amides is 1. The molecule has 1 fully saturated rings. The monoisotopic (exact) mass is 468 g/mol. The second-order valence-corrected chi connectivity index (χ2v) is 7.09. The quantitative estimate of drug-likeness (QED) is 0.246. The molecule has 1 saturated heterocycles. The zero-order valence-corrected chi connectivity index (χ0v) is 18.3. The summed E-state index contributed by atoms with van der Waals surface area (Å²) >= 11 is 0. The van der Waals surface area contributed by atoms with Crippen LogP contribution < -0.4 is 10.1 Å². The van der Waals surface area contributed by atoms with Crippen LogP contribution in [0.2, 0.25) is 0 Å². The smallest absolute Gasteiger partial charge is 0.303 e. The Balaban J connectivity index is 2.43. The number of non-ortho nitro benzene ring substituents is 1. The Hall–Kier alpha value is -3.74. The number of carbonyl (C=O) groups is 4. The number of hydrogen-bond donors (Lipinski definition) is 1. The van der Waals surface area contributed by atoms with Crippen molar-refractivity contribution in [1.29, 1.82) is 0 Å². The fourth-order valence-corrected chi connectivity index (χ4v) is 3.17. The summed E-state index contributed by atoms with van der Waals surface area (Å²) < 4.78 is 27.2. The Kier molecular flexibility index (Phi) is 8.68. The normalized spacial score (nSPS) is 24.2. The largest absolute Gasteiger partial charge is 0.463 e. The van der Waals surface area contributed by atoms with Gasteiger partial charge >= 0.3 is 17.9 Å². The molecular weight excluding hydrogens is 444 g/mol. The minimum Gasteiger partial charge on any atom is -0.463 e. The van der Waals surface area contributed by atoms with E-state index in [2.05, 4.69) is 5.32 Å². The summed E-state index contributed by atoms with van der Waals surface area (Å²) in [5.74, 6) is -2.50. The van der Waals surface area contributed by atoms with E-state index in [-0.39, 0.29) is 18.0 Å². The van der Waals surface area contributed by atoms with Crippen LogP contribution in [-0.2, 0) is 38.1 Å². The molecule has 13 nitrogen and oxygen atoms in total. The van der Waals surface area contributed by atoms with Gasteiger partial charge in [-0.3, -0.25) is 29.3 Å². The molecule has 1 amide bonds. The molecule has 33 heavy (non-hydrogen) atoms. The van der Waals surface area contributed by atoms with Crippen LogP contribution in [0.4, 0.5) is 5.69 Å². The van der Waals surface area contributed by atoms with Crippen molar-refractivity contribution in [3.8, 4) is 5.75 Å². The first-order chi connectivity index (χ1) is 15.5. The summed E-state index contributed by atoms with van der Waals surface area (Å²) in [7, 11) is 0. The molecule has 13 heteroatoms. The summed E-state index contributed by atoms with van der Waals surface area (Å²) in [5, 5.41) is 13.4. The number of carbonyl (C=O) groups excluding carboxylic acids is 4. The number of esters is 3. The molecule has 5 atom stereocenters. The average Bonchev–Trinajstić information content (AvgIpc) is 2.70. The highest BCUT2D eigenvalue weighted by atomic mass is 16.7. The third kappa shape index (κ3) is 7.42. The fraction of sp³-hybridized carbons (Fsp3) is 0.500. The van der Waals surface area contributed by atoms with Gasteiger partial charge in [0.05, 0.1) is 4.92 Å². The topological polar surface area (TPSA) is 170 Å². The molecule has 2 rings (SSSR count). The zero-order chi connectivity index (χ0) is 24.7. The first-order valence-corrected chi connectivity index (χ1v) is 9.79. The van der Waals surface area contributed by atoms with Gasteiger partial charge < -0.3 is 29.0 Å². The van der Waals surface area contributed by atoms with Crippen LogP contribution in [0.15, 0.2) is 24.3 Å². The molecule has 0 bridgehead atoms. The second-order valence-electron chi connectivity index (χ2n) is 7.09. The van der Waals surface area contributed by atoms with Crippen molar-refractivity contribution < 1.29 is 47.8 Å². The van der Waals surface area contributed by atoms with Gasteiger partial charge in [0, 0.05) is 39.8 Å². The summed E-state index contributed by atoms with van der Waals surface area (Å²) in [6.45, 7) is 4.24. The molecule has 0 spiro atoms. The zero-order valence-electron chi connectivity index (χ0n) is 18.3. The lowest BCUT2D eigenvalue weighted by atomic mass is 9.96. The Morgan fingerprint density at radius 3 is 2.03 bits per heavy atom. The van der Waals surface area contributed by atoms with Crippen LogP contribution in [0, 0.1) is 10.1 Å². The molecule has 0 saturated carbocycles. The van der Waals surface area contributed by atoms with E-state index in [0.717, 1.165) is 20.8 Å². The van der Waals surface area contributed by atoms with Gasteiger partial charge in [0.2, 0.25) is 12.2 Å². The molecular formula is C20H24N2O11. The lowest BCUT2D eigenvalue weighted by Crippen LogP contribution is -2.67. The van der Waals surface area contributed by atoms with E-state index < -0.39 is 59.4 Å². The van der Waals surface area contributed by atoms with Gasteiger partial charge in [0.25, 0.3) is 5.69 Å². The summed E-state index contributed by atoms with van der Waals surface area (Å²) in [6.07, 6.45) is -4.96. The van der Waals surface area contributed by atoms with Crippen molar-refractivity contribution in [2.75, 3.05) is 6.61 Å². The lowest BCUT2D eigenvalue weighted by Gasteiger charge is -2.44. The van der Waals surface area contributed by atoms with E-state index in [9.17, 15) is 29.3 Å². The standard InChI is InChI=1S/C20H24N2O11/c1-10(23)21-17-19(31-13(4)26)18(30-12(3)25)16(9-29-11(2)24)33-20(17)32-15-7-5-14(6-8-15)22(27)28/h5-8,16-20H,9H2,1-4H3,(H,21,23)/t16-,17+,18-,19+,20-/m0/s1. The number of ether oxygens (including phenoxy) is 5. The van der Waals surface area contributed by atoms with Gasteiger partial charge in [-0.2, -0.15) is 0 Å². The number of nitrogens with zero attached hydrogens (tertiary/aromatic N) is 1. The maximum atomic E-state index is 11.9. The minimum atomic E-state index is -1.31. The SMILES string of the molecule is CC(=O)N[C@H]1[C@@H](Oc2ccc([N+](=O)[O-])cc2)O[C@@H](COC(C)=O)[C@H](OC(C)=O)[C@@H]1OC(C)=O. The Morgan fingerprint density at radius 1 is 0.970 bits per heavy atom. The lowest BCUT2D eigenvalue weighted by molar-refractivity contribution is -0.384. The molecule has 1 heterocycles. The molecule has 0 unspecified atom stereocenters. The highest BCUT2D eigenvalue weighted by molar-refractivity contribution is 5.73. The molecule has 1 aromatic rings. The van der Waals surface area contributed by atoms with E-state index in [0.29, 0.717) is 0 Å². The van der Waals surface area contributed by atoms with Crippen molar-refractivity contribution in [1.82, 2.24) is 5.32 Å². The minimum absolute atomic E-state index is 0.139. The fourth-order valence-electron chi connectivity index (χ4n) is 3.17. The highest BCUT2D eigenvalue weighted by Crippen LogP contribution is 2.29. The Bertz CT molecular complexity index is 902. The summed E-state index contributed by atoms with van der Waals surface area (Å²) in [5.41, 5.74) is -0.175. The van der Waals surface area contributed by atoms with Crippen molar-refractivity contribution in [3.05, 3.63) is 34.4 Å². The maximum absolute atomic E-state index is 11.9. The number of nitro benzene ring substituents is 1. The number of rotatable bonds is 8. The number of nitrogens with one attached hydrogen (secondary N) is 1. The van der Waals surface area contributed by atoms with Crippen molar-refractivity contribution >= 4 is 29.5 Å². The van der Waals surface area contributed by atoms with Gasteiger partial charge in [-0.1, -0.05) is 0 Å². The molecule has 0 aromatic heterocycles. The first-order valence-electron chi connectivity index (χ1n) is 9.79. The number of hydrogen-bond acceptors (Lipinski definition) is 11. The van der Waals surface area contributed by atoms with Crippen molar-refractivity contribution in [2.24, 2.45) is 0 Å². The summed E-state index contributed by atoms with van der Waals surface area (Å²) in [6, 6.07) is 3.87. The van der Waals surface area contributed by atoms with Gasteiger partial charge in [-0.05, 0) is 12.1 Å². The molecule has 1 aromatic carbocycles. The Labute approximate surface area is 188 Å². The summed E-state index contributed by atoms with van der Waals surface area (Å²) in [4.78, 5) is 57.0. The molecule has 1 N–H and O–H groups in total. The molecule has 0 radical (unpaired) electrons. The first kappa shape index (κ1) is 25.5. The Morgan fingerprint density at radius 2 is 1.55 bits per heavy atom. The molecule has 1 aliphatic rings. The number of benzene rings is 1. The predicted octanol–water partition coefficient (Wildman–Crippen LogP) is 0.630. The van der Waals surface area contributed by atoms with Gasteiger partial charge in [0.15, 0.2) is 12.2 Å². The van der Waals surface area contributed by atoms with Crippen LogP contribution in [0.25, 0.3) is 0 Å². The molecule has 1 aliphatic heterocycles. The van der Waals surface area contributed by atoms with Crippen LogP contribution in [0.5, 0.6) is 5.75 Å². The predicted molar refractivity (Wildman–Crippen MR) is 108 cm³/mol. The van der Waals surface area contributed by atoms with Crippen molar-refractivity contribution in [3.63, 3.8) is 0 Å². The van der Waals surface area contributed by atoms with Crippen molar-refractivity contribution in [2.45, 2.75) is 58.3 Å². The van der Waals surface area contributed by atoms with E-state index in [1.54, 1.807) is 0 Å². The third-order valence-electron chi connectivity index (χ3n) is 4.37. The van der Waals surface area contributed by atoms with Crippen LogP contribution >= 0.6 is 0 Å². The highest BCUT2D eigenvalue weighted by Gasteiger charge is 2.51. The molecule has 0 aliphatic carbocycles. The van der Waals surface area contributed by atoms with Crippen LogP contribution in [-0.4, -0.2) is 66.0 Å². The van der Waals surface area contributed by atoms with Crippen LogP contribution in [0.1, 0.15) is 27.7 Å².